The first-order valence-electron chi connectivity index (χ1n) is 8.58. The molecule has 1 aromatic heterocycles. The van der Waals surface area contributed by atoms with Crippen LogP contribution in [0.5, 0.6) is 0 Å². The van der Waals surface area contributed by atoms with E-state index in [1.54, 1.807) is 22.7 Å². The molecular weight excluding hydrogens is 350 g/mol. The van der Waals surface area contributed by atoms with Gasteiger partial charge in [0.15, 0.2) is 5.16 Å². The van der Waals surface area contributed by atoms with Crippen molar-refractivity contribution in [2.45, 2.75) is 24.3 Å². The lowest BCUT2D eigenvalue weighted by Gasteiger charge is -2.26. The number of cyclic esters (lactones) is 1. The van der Waals surface area contributed by atoms with Gasteiger partial charge in [0.05, 0.1) is 6.61 Å². The Morgan fingerprint density at radius 2 is 2.12 bits per heavy atom. The molecule has 1 fully saturated rings. The SMILES string of the molecule is Cc1ccc(CSc2nc(N)cc(NCCN3CCCOC3=O)n2)cc1. The molecule has 0 aliphatic carbocycles. The predicted octanol–water partition coefficient (Wildman–Crippen LogP) is 2.91. The van der Waals surface area contributed by atoms with Crippen molar-refractivity contribution in [1.29, 1.82) is 0 Å². The molecule has 26 heavy (non-hydrogen) atoms. The molecular formula is C18H23N5O2S. The monoisotopic (exact) mass is 373 g/mol. The van der Waals surface area contributed by atoms with Crippen LogP contribution < -0.4 is 11.1 Å². The van der Waals surface area contributed by atoms with E-state index in [9.17, 15) is 4.79 Å². The summed E-state index contributed by atoms with van der Waals surface area (Å²) in [6, 6.07) is 10.1. The Labute approximate surface area is 157 Å². The Balaban J connectivity index is 1.53. The quantitative estimate of drug-likeness (QED) is 0.569. The number of ether oxygens (including phenoxy) is 1. The van der Waals surface area contributed by atoms with Gasteiger partial charge in [-0.2, -0.15) is 0 Å². The molecule has 0 unspecified atom stereocenters. The van der Waals surface area contributed by atoms with E-state index in [1.165, 1.54) is 11.1 Å². The van der Waals surface area contributed by atoms with Gasteiger partial charge in [-0.05, 0) is 18.9 Å². The summed E-state index contributed by atoms with van der Waals surface area (Å²) in [6.45, 7) is 4.44. The molecule has 8 heteroatoms. The number of hydrogen-bond acceptors (Lipinski definition) is 7. The summed E-state index contributed by atoms with van der Waals surface area (Å²) in [7, 11) is 0. The van der Waals surface area contributed by atoms with E-state index in [2.05, 4.69) is 46.5 Å². The largest absolute Gasteiger partial charge is 0.449 e. The number of nitrogen functional groups attached to an aromatic ring is 1. The number of thioether (sulfide) groups is 1. The maximum atomic E-state index is 11.6. The number of rotatable bonds is 7. The highest BCUT2D eigenvalue weighted by atomic mass is 32.2. The van der Waals surface area contributed by atoms with E-state index in [-0.39, 0.29) is 6.09 Å². The van der Waals surface area contributed by atoms with Crippen molar-refractivity contribution in [1.82, 2.24) is 14.9 Å². The van der Waals surface area contributed by atoms with Crippen LogP contribution in [0.15, 0.2) is 35.5 Å². The Bertz CT molecular complexity index is 754. The highest BCUT2D eigenvalue weighted by Gasteiger charge is 2.18. The number of aromatic nitrogens is 2. The molecule has 1 aliphatic heterocycles. The van der Waals surface area contributed by atoms with Crippen LogP contribution in [0.25, 0.3) is 0 Å². The molecule has 0 radical (unpaired) electrons. The average molecular weight is 373 g/mol. The minimum Gasteiger partial charge on any atom is -0.449 e. The maximum absolute atomic E-state index is 11.6. The molecule has 2 aromatic rings. The number of hydrogen-bond donors (Lipinski definition) is 2. The van der Waals surface area contributed by atoms with Gasteiger partial charge in [0, 0.05) is 31.5 Å². The molecule has 0 spiro atoms. The Kier molecular flexibility index (Phi) is 6.17. The number of nitrogens with one attached hydrogen (secondary N) is 1. The number of nitrogens with two attached hydrogens (primary N) is 1. The first-order chi connectivity index (χ1) is 12.6. The fourth-order valence-electron chi connectivity index (χ4n) is 2.55. The lowest BCUT2D eigenvalue weighted by Crippen LogP contribution is -2.40. The molecule has 0 saturated carbocycles. The van der Waals surface area contributed by atoms with Crippen molar-refractivity contribution in [2.24, 2.45) is 0 Å². The fraction of sp³-hybridized carbons (Fsp3) is 0.389. The third-order valence-electron chi connectivity index (χ3n) is 3.96. The van der Waals surface area contributed by atoms with Crippen molar-refractivity contribution >= 4 is 29.5 Å². The van der Waals surface area contributed by atoms with Gasteiger partial charge in [-0.25, -0.2) is 14.8 Å². The number of carbonyl (C=O) groups excluding carboxylic acids is 1. The number of anilines is 2. The molecule has 138 valence electrons. The van der Waals surface area contributed by atoms with Crippen molar-refractivity contribution in [3.8, 4) is 0 Å². The van der Waals surface area contributed by atoms with E-state index >= 15 is 0 Å². The topological polar surface area (TPSA) is 93.4 Å². The normalized spacial score (nSPS) is 14.2. The Hall–Kier alpha value is -2.48. The van der Waals surface area contributed by atoms with Gasteiger partial charge in [0.2, 0.25) is 0 Å². The lowest BCUT2D eigenvalue weighted by molar-refractivity contribution is 0.0746. The van der Waals surface area contributed by atoms with Crippen LogP contribution in [-0.4, -0.2) is 47.2 Å². The van der Waals surface area contributed by atoms with Crippen molar-refractivity contribution in [3.63, 3.8) is 0 Å². The van der Waals surface area contributed by atoms with Crippen LogP contribution in [0.4, 0.5) is 16.4 Å². The molecule has 2 heterocycles. The van der Waals surface area contributed by atoms with Crippen LogP contribution in [0.1, 0.15) is 17.5 Å². The van der Waals surface area contributed by atoms with Crippen LogP contribution in [0.3, 0.4) is 0 Å². The summed E-state index contributed by atoms with van der Waals surface area (Å²) in [5.74, 6) is 1.86. The third-order valence-corrected chi connectivity index (χ3v) is 4.88. The van der Waals surface area contributed by atoms with Crippen molar-refractivity contribution in [3.05, 3.63) is 41.5 Å². The molecule has 3 rings (SSSR count). The molecule has 1 aromatic carbocycles. The minimum atomic E-state index is -0.255. The summed E-state index contributed by atoms with van der Waals surface area (Å²) in [4.78, 5) is 22.1. The smallest absolute Gasteiger partial charge is 0.409 e. The summed E-state index contributed by atoms with van der Waals surface area (Å²) >= 11 is 1.54. The van der Waals surface area contributed by atoms with Gasteiger partial charge in [0.25, 0.3) is 0 Å². The second-order valence-electron chi connectivity index (χ2n) is 6.12. The van der Waals surface area contributed by atoms with E-state index in [0.717, 1.165) is 18.7 Å². The molecule has 3 N–H and O–H groups in total. The van der Waals surface area contributed by atoms with Crippen molar-refractivity contribution < 1.29 is 9.53 Å². The zero-order valence-electron chi connectivity index (χ0n) is 14.8. The van der Waals surface area contributed by atoms with Gasteiger partial charge in [-0.1, -0.05) is 41.6 Å². The fourth-order valence-corrected chi connectivity index (χ4v) is 3.37. The zero-order valence-corrected chi connectivity index (χ0v) is 15.6. The highest BCUT2D eigenvalue weighted by Crippen LogP contribution is 2.22. The van der Waals surface area contributed by atoms with Crippen LogP contribution in [-0.2, 0) is 10.5 Å². The first-order valence-corrected chi connectivity index (χ1v) is 9.57. The van der Waals surface area contributed by atoms with E-state index in [1.807, 2.05) is 0 Å². The maximum Gasteiger partial charge on any atom is 0.409 e. The summed E-state index contributed by atoms with van der Waals surface area (Å²) in [5, 5.41) is 3.84. The number of amides is 1. The van der Waals surface area contributed by atoms with Gasteiger partial charge < -0.3 is 20.7 Å². The molecule has 1 aliphatic rings. The molecule has 1 saturated heterocycles. The highest BCUT2D eigenvalue weighted by molar-refractivity contribution is 7.98. The summed E-state index contributed by atoms with van der Waals surface area (Å²) in [6.07, 6.45) is 0.612. The van der Waals surface area contributed by atoms with Crippen LogP contribution >= 0.6 is 11.8 Å². The van der Waals surface area contributed by atoms with Gasteiger partial charge in [-0.3, -0.25) is 0 Å². The standard InChI is InChI=1S/C18H23N5O2S/c1-13-3-5-14(6-4-13)12-26-17-21-15(19)11-16(22-17)20-7-9-23-8-2-10-25-18(23)24/h3-6,11H,2,7-10,12H2,1H3,(H3,19,20,21,22). The number of benzene rings is 1. The summed E-state index contributed by atoms with van der Waals surface area (Å²) in [5.41, 5.74) is 8.35. The second kappa shape index (κ2) is 8.75. The summed E-state index contributed by atoms with van der Waals surface area (Å²) < 4.78 is 5.02. The van der Waals surface area contributed by atoms with Crippen molar-refractivity contribution in [2.75, 3.05) is 37.3 Å². The average Bonchev–Trinajstić information content (AvgIpc) is 2.62. The number of aryl methyl sites for hydroxylation is 1. The predicted molar refractivity (Wildman–Crippen MR) is 103 cm³/mol. The van der Waals surface area contributed by atoms with E-state index < -0.39 is 0 Å². The van der Waals surface area contributed by atoms with Gasteiger partial charge in [0.1, 0.15) is 11.6 Å². The zero-order chi connectivity index (χ0) is 18.4. The minimum absolute atomic E-state index is 0.255. The number of nitrogens with zero attached hydrogens (tertiary/aromatic N) is 3. The number of carbonyl (C=O) groups is 1. The third kappa shape index (κ3) is 5.26. The van der Waals surface area contributed by atoms with Gasteiger partial charge >= 0.3 is 6.09 Å². The van der Waals surface area contributed by atoms with Crippen LogP contribution in [0.2, 0.25) is 0 Å². The Morgan fingerprint density at radius 1 is 1.31 bits per heavy atom. The molecule has 0 bridgehead atoms. The first kappa shape index (κ1) is 18.3. The molecule has 0 atom stereocenters. The van der Waals surface area contributed by atoms with Gasteiger partial charge in [-0.15, -0.1) is 0 Å². The lowest BCUT2D eigenvalue weighted by atomic mass is 10.2. The second-order valence-corrected chi connectivity index (χ2v) is 7.06. The van der Waals surface area contributed by atoms with Crippen LogP contribution in [0, 0.1) is 6.92 Å². The molecule has 1 amide bonds. The van der Waals surface area contributed by atoms with E-state index in [0.29, 0.717) is 36.5 Å². The van der Waals surface area contributed by atoms with E-state index in [4.69, 9.17) is 10.5 Å². The molecule has 7 nitrogen and oxygen atoms in total. The Morgan fingerprint density at radius 3 is 2.88 bits per heavy atom.